The first-order valence-corrected chi connectivity index (χ1v) is 22.9. The second-order valence-corrected chi connectivity index (χ2v) is 17.5. The molecule has 1 aromatic heterocycles. The van der Waals surface area contributed by atoms with Crippen molar-refractivity contribution in [3.05, 3.63) is 83.6 Å². The van der Waals surface area contributed by atoms with Gasteiger partial charge in [0.15, 0.2) is 0 Å². The van der Waals surface area contributed by atoms with E-state index in [1.165, 1.54) is 27.8 Å². The molecule has 0 saturated carbocycles. The number of amides is 1. The largest absolute Gasteiger partial charge is 0.465 e. The number of piperazine rings is 1. The number of nitrogens with zero attached hydrogens (tertiary/aromatic N) is 7. The number of rotatable bonds is 21. The number of nitriles is 1. The van der Waals surface area contributed by atoms with E-state index in [9.17, 15) is 23.6 Å². The second kappa shape index (κ2) is 22.0. The quantitative estimate of drug-likeness (QED) is 0.0909. The number of aryl methyl sites for hydroxylation is 1. The van der Waals surface area contributed by atoms with E-state index in [4.69, 9.17) is 37.8 Å². The van der Waals surface area contributed by atoms with E-state index < -0.39 is 22.3 Å². The summed E-state index contributed by atoms with van der Waals surface area (Å²) in [5.41, 5.74) is 4.01. The number of benzene rings is 3. The van der Waals surface area contributed by atoms with E-state index >= 15 is 0 Å². The number of hydrogen-bond acceptors (Lipinski definition) is 15. The first kappa shape index (κ1) is 45.9. The Bertz CT molecular complexity index is 2290. The topological polar surface area (TPSA) is 189 Å². The normalized spacial score (nSPS) is 19.3. The van der Waals surface area contributed by atoms with Crippen molar-refractivity contribution >= 4 is 38.5 Å². The van der Waals surface area contributed by atoms with Crippen LogP contribution in [0.4, 0.5) is 16.3 Å². The highest BCUT2D eigenvalue weighted by molar-refractivity contribution is 7.86. The Balaban J connectivity index is 0.855. The lowest BCUT2D eigenvalue weighted by molar-refractivity contribution is -0.0174. The van der Waals surface area contributed by atoms with Crippen LogP contribution in [0.25, 0.3) is 10.8 Å². The Kier molecular flexibility index (Phi) is 16.0. The van der Waals surface area contributed by atoms with Crippen LogP contribution in [-0.2, 0) is 46.2 Å². The number of aromatic nitrogens is 2. The van der Waals surface area contributed by atoms with Gasteiger partial charge in [-0.05, 0) is 50.4 Å². The Hall–Kier alpha value is -5.13. The van der Waals surface area contributed by atoms with E-state index in [0.717, 1.165) is 47.8 Å². The lowest BCUT2D eigenvalue weighted by Gasteiger charge is -2.41. The lowest BCUT2D eigenvalue weighted by atomic mass is 10.0. The van der Waals surface area contributed by atoms with Crippen LogP contribution in [0.3, 0.4) is 0 Å². The molecule has 18 heteroatoms. The van der Waals surface area contributed by atoms with Crippen molar-refractivity contribution in [3.63, 3.8) is 0 Å². The summed E-state index contributed by atoms with van der Waals surface area (Å²) in [4.78, 5) is 30.1. The van der Waals surface area contributed by atoms with Crippen LogP contribution in [0, 0.1) is 18.3 Å². The summed E-state index contributed by atoms with van der Waals surface area (Å²) in [5, 5.41) is 21.7. The summed E-state index contributed by atoms with van der Waals surface area (Å²) < 4.78 is 58.8. The SMILES string of the molecule is Cc1ccc(S(=O)(=O)OCCOCCOCCOCCO[C@@H]2C[C@H](COc3nc4c(c(N5CCN(C(=O)O)[C@@H](CC#N)C5)n3)CCN(c3cccc5ccccc35)C4)N(C)C2)cc1. The Morgan fingerprint density at radius 1 is 0.841 bits per heavy atom. The van der Waals surface area contributed by atoms with Gasteiger partial charge in [0, 0.05) is 55.4 Å². The Morgan fingerprint density at radius 3 is 2.30 bits per heavy atom. The van der Waals surface area contributed by atoms with Crippen LogP contribution in [0.1, 0.15) is 29.7 Å². The van der Waals surface area contributed by atoms with E-state index in [1.54, 1.807) is 12.1 Å². The molecule has 0 radical (unpaired) electrons. The summed E-state index contributed by atoms with van der Waals surface area (Å²) in [5.74, 6) is 0.745. The number of carbonyl (C=O) groups is 1. The molecule has 3 aliphatic heterocycles. The van der Waals surface area contributed by atoms with Gasteiger partial charge in [-0.3, -0.25) is 9.08 Å². The molecule has 0 unspecified atom stereocenters. The molecular weight excluding hydrogens is 831 g/mol. The maximum Gasteiger partial charge on any atom is 0.407 e. The second-order valence-electron chi connectivity index (χ2n) is 15.9. The molecule has 3 aliphatic rings. The summed E-state index contributed by atoms with van der Waals surface area (Å²) >= 11 is 0. The van der Waals surface area contributed by atoms with Crippen LogP contribution >= 0.6 is 0 Å². The minimum Gasteiger partial charge on any atom is -0.465 e. The zero-order chi connectivity index (χ0) is 44.2. The molecule has 1 amide bonds. The zero-order valence-corrected chi connectivity index (χ0v) is 36.8. The highest BCUT2D eigenvalue weighted by atomic mass is 32.2. The fourth-order valence-corrected chi connectivity index (χ4v) is 9.18. The van der Waals surface area contributed by atoms with Crippen molar-refractivity contribution in [1.82, 2.24) is 19.8 Å². The fraction of sp³-hybridized carbons (Fsp3) is 0.511. The van der Waals surface area contributed by atoms with Gasteiger partial charge in [0.25, 0.3) is 10.1 Å². The zero-order valence-electron chi connectivity index (χ0n) is 36.0. The smallest absolute Gasteiger partial charge is 0.407 e. The molecule has 0 aliphatic carbocycles. The van der Waals surface area contributed by atoms with Crippen LogP contribution < -0.4 is 14.5 Å². The van der Waals surface area contributed by atoms with Gasteiger partial charge < -0.3 is 43.5 Å². The number of ether oxygens (including phenoxy) is 5. The highest BCUT2D eigenvalue weighted by Crippen LogP contribution is 2.35. The Labute approximate surface area is 369 Å². The van der Waals surface area contributed by atoms with Crippen molar-refractivity contribution < 1.29 is 46.2 Å². The van der Waals surface area contributed by atoms with Gasteiger partial charge in [-0.1, -0.05) is 54.1 Å². The third kappa shape index (κ3) is 12.1. The van der Waals surface area contributed by atoms with Crippen LogP contribution in [0.2, 0.25) is 0 Å². The fourth-order valence-electron chi connectivity index (χ4n) is 8.29. The molecule has 3 atom stereocenters. The minimum absolute atomic E-state index is 0.00770. The average molecular weight is 888 g/mol. The first-order valence-electron chi connectivity index (χ1n) is 21.5. The highest BCUT2D eigenvalue weighted by Gasteiger charge is 2.35. The van der Waals surface area contributed by atoms with E-state index in [-0.39, 0.29) is 49.2 Å². The maximum atomic E-state index is 12.2. The average Bonchev–Trinajstić information content (AvgIpc) is 3.64. The van der Waals surface area contributed by atoms with Gasteiger partial charge in [0.05, 0.1) is 94.6 Å². The van der Waals surface area contributed by atoms with E-state index in [2.05, 4.69) is 57.2 Å². The van der Waals surface area contributed by atoms with Crippen LogP contribution in [-0.4, -0.2) is 157 Å². The predicted molar refractivity (Wildman–Crippen MR) is 235 cm³/mol. The predicted octanol–water partition coefficient (Wildman–Crippen LogP) is 4.51. The van der Waals surface area contributed by atoms with Gasteiger partial charge in [-0.2, -0.15) is 23.6 Å². The van der Waals surface area contributed by atoms with E-state index in [0.29, 0.717) is 72.3 Å². The number of anilines is 2. The Morgan fingerprint density at radius 2 is 1.56 bits per heavy atom. The summed E-state index contributed by atoms with van der Waals surface area (Å²) in [6, 6.07) is 23.2. The number of likely N-dealkylation sites (tertiary alicyclic amines) is 1. The molecule has 63 heavy (non-hydrogen) atoms. The molecule has 4 heterocycles. The number of hydrogen-bond donors (Lipinski definition) is 1. The van der Waals surface area contributed by atoms with Gasteiger partial charge in [0.1, 0.15) is 12.4 Å². The summed E-state index contributed by atoms with van der Waals surface area (Å²) in [6.45, 7) is 7.74. The molecular formula is C45H57N7O10S. The number of carboxylic acid groups (broad SMARTS) is 1. The molecule has 2 saturated heterocycles. The molecule has 4 aromatic rings. The molecule has 2 fully saturated rings. The lowest BCUT2D eigenvalue weighted by Crippen LogP contribution is -2.55. The third-order valence-electron chi connectivity index (χ3n) is 11.6. The van der Waals surface area contributed by atoms with Crippen molar-refractivity contribution in [1.29, 1.82) is 5.26 Å². The van der Waals surface area contributed by atoms with Crippen molar-refractivity contribution in [2.24, 2.45) is 0 Å². The van der Waals surface area contributed by atoms with Crippen LogP contribution in [0.15, 0.2) is 71.6 Å². The van der Waals surface area contributed by atoms with Gasteiger partial charge in [-0.25, -0.2) is 4.79 Å². The van der Waals surface area contributed by atoms with Crippen LogP contribution in [0.5, 0.6) is 6.01 Å². The van der Waals surface area contributed by atoms with E-state index in [1.807, 2.05) is 20.0 Å². The maximum absolute atomic E-state index is 12.2. The molecule has 338 valence electrons. The standard InChI is InChI=1S/C45H57N7O10S/c1-33-10-12-38(13-11-33)63(55,56)62-27-25-59-23-21-57-20-22-58-24-26-60-37-28-36(49(2)30-37)32-61-44-47-41-31-50(42-9-5-7-34-6-3-4-8-39(34)42)17-15-40(41)43(48-44)51-18-19-52(45(53)54)35(29-51)14-16-46/h3-13,35-37H,14-15,17-32H2,1-2H3,(H,53,54)/t35-,36+,37+/m0/s1. The number of likely N-dealkylation sites (N-methyl/N-ethyl adjacent to an activating group) is 1. The van der Waals surface area contributed by atoms with Gasteiger partial charge in [0.2, 0.25) is 0 Å². The molecule has 0 bridgehead atoms. The molecule has 1 N–H and O–H groups in total. The molecule has 7 rings (SSSR count). The minimum atomic E-state index is -3.81. The van der Waals surface area contributed by atoms with Crippen molar-refractivity contribution in [2.45, 2.75) is 55.8 Å². The molecule has 17 nitrogen and oxygen atoms in total. The molecule has 0 spiro atoms. The number of fused-ring (bicyclic) bond motifs is 2. The van der Waals surface area contributed by atoms with Crippen molar-refractivity contribution in [3.8, 4) is 12.1 Å². The monoisotopic (exact) mass is 887 g/mol. The van der Waals surface area contributed by atoms with Gasteiger partial charge in [-0.15, -0.1) is 0 Å². The van der Waals surface area contributed by atoms with Crippen molar-refractivity contribution in [2.75, 3.05) is 109 Å². The summed E-state index contributed by atoms with van der Waals surface area (Å²) in [7, 11) is -1.76. The summed E-state index contributed by atoms with van der Waals surface area (Å²) in [6.07, 6.45) is 0.548. The first-order chi connectivity index (χ1) is 30.6. The van der Waals surface area contributed by atoms with Gasteiger partial charge >= 0.3 is 12.1 Å². The molecule has 3 aromatic carbocycles. The third-order valence-corrected chi connectivity index (χ3v) is 13.0.